The zero-order valence-electron chi connectivity index (χ0n) is 20.0. The summed E-state index contributed by atoms with van der Waals surface area (Å²) in [5.74, 6) is 0.458. The topological polar surface area (TPSA) is 115 Å². The summed E-state index contributed by atoms with van der Waals surface area (Å²) in [5, 5.41) is 6.18. The van der Waals surface area contributed by atoms with Crippen molar-refractivity contribution in [3.63, 3.8) is 0 Å². The van der Waals surface area contributed by atoms with Crippen LogP contribution in [0.25, 0.3) is 11.1 Å². The van der Waals surface area contributed by atoms with Crippen LogP contribution >= 0.6 is 0 Å². The Kier molecular flexibility index (Phi) is 6.49. The summed E-state index contributed by atoms with van der Waals surface area (Å²) < 4.78 is 1.57. The quantitative estimate of drug-likeness (QED) is 0.370. The molecule has 36 heavy (non-hydrogen) atoms. The van der Waals surface area contributed by atoms with E-state index in [0.29, 0.717) is 25.2 Å². The molecule has 0 fully saturated rings. The fourth-order valence-corrected chi connectivity index (χ4v) is 4.55. The van der Waals surface area contributed by atoms with Gasteiger partial charge in [-0.25, -0.2) is 9.97 Å². The average Bonchev–Trinajstić information content (AvgIpc) is 3.35. The molecule has 2 atom stereocenters. The Bertz CT molecular complexity index is 1430. The fraction of sp³-hybridized carbons (Fsp3) is 0.214. The van der Waals surface area contributed by atoms with Crippen molar-refractivity contribution in [3.8, 4) is 11.1 Å². The van der Waals surface area contributed by atoms with E-state index < -0.39 is 6.04 Å². The van der Waals surface area contributed by atoms with Gasteiger partial charge in [0.1, 0.15) is 11.9 Å². The molecular formula is C28H28N6O2. The number of fused-ring (bicyclic) bond motifs is 1. The summed E-state index contributed by atoms with van der Waals surface area (Å²) in [4.78, 5) is 34.9. The molecule has 4 N–H and O–H groups in total. The number of hydrogen-bond acceptors (Lipinski definition) is 6. The minimum absolute atomic E-state index is 0.201. The Morgan fingerprint density at radius 2 is 1.86 bits per heavy atom. The van der Waals surface area contributed by atoms with Crippen molar-refractivity contribution in [2.24, 2.45) is 0 Å². The van der Waals surface area contributed by atoms with Crippen LogP contribution in [0, 0.1) is 0 Å². The van der Waals surface area contributed by atoms with Crippen LogP contribution in [0.5, 0.6) is 0 Å². The number of carbonyl (C=O) groups excluding carboxylic acids is 1. The molecule has 2 aromatic carbocycles. The number of hydrogen-bond donors (Lipinski definition) is 3. The second-order valence-corrected chi connectivity index (χ2v) is 8.99. The third kappa shape index (κ3) is 4.84. The van der Waals surface area contributed by atoms with Gasteiger partial charge in [0.2, 0.25) is 5.91 Å². The van der Waals surface area contributed by atoms with Crippen LogP contribution in [-0.4, -0.2) is 20.4 Å². The number of nitrogens with one attached hydrogen (secondary N) is 2. The van der Waals surface area contributed by atoms with Gasteiger partial charge in [-0.1, -0.05) is 54.6 Å². The highest BCUT2D eigenvalue weighted by Gasteiger charge is 2.31. The van der Waals surface area contributed by atoms with Crippen LogP contribution in [-0.2, 0) is 17.8 Å². The van der Waals surface area contributed by atoms with Crippen LogP contribution in [0.4, 0.5) is 11.6 Å². The van der Waals surface area contributed by atoms with Gasteiger partial charge in [0, 0.05) is 24.6 Å². The highest BCUT2D eigenvalue weighted by Crippen LogP contribution is 2.25. The number of rotatable bonds is 7. The zero-order valence-corrected chi connectivity index (χ0v) is 20.0. The summed E-state index contributed by atoms with van der Waals surface area (Å²) in [5.41, 5.74) is 10.3. The first kappa shape index (κ1) is 23.3. The molecule has 5 rings (SSSR count). The van der Waals surface area contributed by atoms with Crippen molar-refractivity contribution in [2.45, 2.75) is 38.4 Å². The molecular weight excluding hydrogens is 452 g/mol. The van der Waals surface area contributed by atoms with Gasteiger partial charge in [-0.05, 0) is 54.2 Å². The van der Waals surface area contributed by atoms with Gasteiger partial charge >= 0.3 is 0 Å². The Labute approximate surface area is 209 Å². The maximum Gasteiger partial charge on any atom is 0.294 e. The predicted octanol–water partition coefficient (Wildman–Crippen LogP) is 3.86. The van der Waals surface area contributed by atoms with Crippen molar-refractivity contribution in [1.82, 2.24) is 19.9 Å². The molecule has 0 spiro atoms. The molecule has 1 aliphatic rings. The fourth-order valence-electron chi connectivity index (χ4n) is 4.55. The van der Waals surface area contributed by atoms with E-state index in [1.54, 1.807) is 23.0 Å². The van der Waals surface area contributed by atoms with Crippen molar-refractivity contribution < 1.29 is 4.79 Å². The van der Waals surface area contributed by atoms with E-state index in [1.807, 2.05) is 43.3 Å². The minimum Gasteiger partial charge on any atom is -0.384 e. The van der Waals surface area contributed by atoms with Gasteiger partial charge in [-0.3, -0.25) is 14.2 Å². The van der Waals surface area contributed by atoms with Crippen molar-refractivity contribution in [3.05, 3.63) is 106 Å². The SMILES string of the molecule is C[C@@H](NC(=O)[C@@H]1CCc2cnc(NCc3cccc(-c4ccccc4)c3)c(=O)n21)c1ccc(N)nc1. The maximum atomic E-state index is 13.3. The lowest BCUT2D eigenvalue weighted by Gasteiger charge is -2.19. The number of anilines is 2. The van der Waals surface area contributed by atoms with Crippen LogP contribution in [0.15, 0.2) is 83.9 Å². The van der Waals surface area contributed by atoms with Crippen molar-refractivity contribution in [2.75, 3.05) is 11.1 Å². The first-order valence-electron chi connectivity index (χ1n) is 12.0. The van der Waals surface area contributed by atoms with E-state index in [1.165, 1.54) is 0 Å². The second-order valence-electron chi connectivity index (χ2n) is 8.99. The van der Waals surface area contributed by atoms with E-state index >= 15 is 0 Å². The largest absolute Gasteiger partial charge is 0.384 e. The summed E-state index contributed by atoms with van der Waals surface area (Å²) in [7, 11) is 0. The molecule has 182 valence electrons. The van der Waals surface area contributed by atoms with Crippen LogP contribution in [0.3, 0.4) is 0 Å². The van der Waals surface area contributed by atoms with E-state index in [2.05, 4.69) is 44.9 Å². The maximum absolute atomic E-state index is 13.3. The first-order valence-corrected chi connectivity index (χ1v) is 12.0. The monoisotopic (exact) mass is 480 g/mol. The highest BCUT2D eigenvalue weighted by molar-refractivity contribution is 5.81. The van der Waals surface area contributed by atoms with E-state index in [4.69, 9.17) is 5.73 Å². The summed E-state index contributed by atoms with van der Waals surface area (Å²) in [6, 6.07) is 21.0. The molecule has 3 heterocycles. The van der Waals surface area contributed by atoms with Crippen LogP contribution in [0.1, 0.15) is 42.2 Å². The molecule has 0 aliphatic carbocycles. The van der Waals surface area contributed by atoms with Gasteiger partial charge in [-0.2, -0.15) is 0 Å². The molecule has 8 nitrogen and oxygen atoms in total. The van der Waals surface area contributed by atoms with Gasteiger partial charge in [0.25, 0.3) is 5.56 Å². The molecule has 8 heteroatoms. The third-order valence-electron chi connectivity index (χ3n) is 6.52. The number of nitrogens with zero attached hydrogens (tertiary/aromatic N) is 3. The Hall–Kier alpha value is -4.46. The molecule has 1 amide bonds. The molecule has 2 aromatic heterocycles. The number of nitrogen functional groups attached to an aromatic ring is 1. The number of nitrogens with two attached hydrogens (primary N) is 1. The smallest absolute Gasteiger partial charge is 0.294 e. The molecule has 0 bridgehead atoms. The summed E-state index contributed by atoms with van der Waals surface area (Å²) in [6.07, 6.45) is 4.51. The summed E-state index contributed by atoms with van der Waals surface area (Å²) in [6.45, 7) is 2.33. The van der Waals surface area contributed by atoms with E-state index in [9.17, 15) is 9.59 Å². The second kappa shape index (κ2) is 10.0. The zero-order chi connectivity index (χ0) is 25.1. The number of carbonyl (C=O) groups is 1. The molecule has 0 saturated carbocycles. The Morgan fingerprint density at radius 3 is 2.64 bits per heavy atom. The highest BCUT2D eigenvalue weighted by atomic mass is 16.2. The predicted molar refractivity (Wildman–Crippen MR) is 140 cm³/mol. The van der Waals surface area contributed by atoms with Gasteiger partial charge in [0.15, 0.2) is 5.82 Å². The number of aromatic nitrogens is 3. The molecule has 0 unspecified atom stereocenters. The van der Waals surface area contributed by atoms with Crippen LogP contribution in [0.2, 0.25) is 0 Å². The lowest BCUT2D eigenvalue weighted by Crippen LogP contribution is -2.37. The lowest BCUT2D eigenvalue weighted by atomic mass is 10.0. The molecule has 0 saturated heterocycles. The molecule has 1 aliphatic heterocycles. The summed E-state index contributed by atoms with van der Waals surface area (Å²) >= 11 is 0. The van der Waals surface area contributed by atoms with Crippen molar-refractivity contribution in [1.29, 1.82) is 0 Å². The number of amides is 1. The van der Waals surface area contributed by atoms with E-state index in [-0.39, 0.29) is 23.3 Å². The minimum atomic E-state index is -0.582. The third-order valence-corrected chi connectivity index (χ3v) is 6.52. The number of pyridine rings is 1. The molecule has 4 aromatic rings. The van der Waals surface area contributed by atoms with Gasteiger partial charge < -0.3 is 16.4 Å². The van der Waals surface area contributed by atoms with E-state index in [0.717, 1.165) is 27.9 Å². The van der Waals surface area contributed by atoms with Gasteiger partial charge in [-0.15, -0.1) is 0 Å². The normalized spacial score (nSPS) is 15.2. The average molecular weight is 481 g/mol. The van der Waals surface area contributed by atoms with Gasteiger partial charge in [0.05, 0.1) is 6.04 Å². The lowest BCUT2D eigenvalue weighted by molar-refractivity contribution is -0.124. The van der Waals surface area contributed by atoms with Crippen LogP contribution < -0.4 is 21.9 Å². The molecule has 0 radical (unpaired) electrons. The Balaban J connectivity index is 1.30. The first-order chi connectivity index (χ1) is 17.5. The Morgan fingerprint density at radius 1 is 1.06 bits per heavy atom. The number of aryl methyl sites for hydroxylation is 1. The van der Waals surface area contributed by atoms with Crippen molar-refractivity contribution >= 4 is 17.5 Å². The standard InChI is InChI=1S/C28H28N6O2/c1-18(22-10-13-25(29)30-16-22)33-27(35)24-12-11-23-17-32-26(28(36)34(23)24)31-15-19-6-5-9-21(14-19)20-7-3-2-4-8-20/h2-10,13-14,16-18,24H,11-12,15H2,1H3,(H2,29,30)(H,31,32)(H,33,35)/t18-,24+/m1/s1. The number of benzene rings is 2.